The van der Waals surface area contributed by atoms with Gasteiger partial charge in [0.25, 0.3) is 0 Å². The van der Waals surface area contributed by atoms with Crippen LogP contribution in [0.15, 0.2) is 170 Å². The normalized spacial score (nSPS) is 12.2. The predicted octanol–water partition coefficient (Wildman–Crippen LogP) is 9.80. The minimum Gasteiger partial charge on any atom is -0.309 e. The second kappa shape index (κ2) is 10.7. The van der Waals surface area contributed by atoms with Gasteiger partial charge in [0.15, 0.2) is 7.14 Å². The van der Waals surface area contributed by atoms with Gasteiger partial charge in [-0.3, -0.25) is 9.38 Å². The van der Waals surface area contributed by atoms with Crippen LogP contribution in [0.1, 0.15) is 0 Å². The standard InChI is InChI=1S/C44H28N3OP/c48-49(33-11-3-1-4-12-33,34-13-5-2-6-14-34)35-26-32-20-19-30(27-41(32)45-28-35)29-21-23-36-31(25-29)22-24-38-37-15-7-8-16-39(37)44-46-40-17-9-10-18-42(40)47(44)43(36)38/h1-28H. The average Bonchev–Trinajstić information content (AvgIpc) is 3.57. The summed E-state index contributed by atoms with van der Waals surface area (Å²) >= 11 is 0. The summed E-state index contributed by atoms with van der Waals surface area (Å²) in [5.41, 5.74) is 7.31. The van der Waals surface area contributed by atoms with Crippen molar-refractivity contribution in [1.29, 1.82) is 0 Å². The highest BCUT2D eigenvalue weighted by Crippen LogP contribution is 2.43. The van der Waals surface area contributed by atoms with E-state index in [1.165, 1.54) is 21.7 Å². The topological polar surface area (TPSA) is 47.3 Å². The van der Waals surface area contributed by atoms with Crippen molar-refractivity contribution in [2.24, 2.45) is 0 Å². The quantitative estimate of drug-likeness (QED) is 0.141. The lowest BCUT2D eigenvalue weighted by atomic mass is 9.97. The Balaban J connectivity index is 1.12. The van der Waals surface area contributed by atoms with Crippen LogP contribution in [0, 0.1) is 0 Å². The van der Waals surface area contributed by atoms with Crippen LogP contribution >= 0.6 is 7.14 Å². The molecule has 10 aromatic rings. The van der Waals surface area contributed by atoms with E-state index in [0.717, 1.165) is 65.4 Å². The zero-order valence-corrected chi connectivity index (χ0v) is 27.3. The van der Waals surface area contributed by atoms with Crippen LogP contribution in [0.25, 0.3) is 71.2 Å². The van der Waals surface area contributed by atoms with E-state index in [2.05, 4.69) is 95.4 Å². The fourth-order valence-electron chi connectivity index (χ4n) is 7.48. The minimum absolute atomic E-state index is 0.730. The molecule has 7 aromatic carbocycles. The maximum atomic E-state index is 14.9. The number of fused-ring (bicyclic) bond motifs is 11. The number of rotatable bonds is 4. The van der Waals surface area contributed by atoms with Crippen LogP contribution in [0.5, 0.6) is 0 Å². The molecule has 49 heavy (non-hydrogen) atoms. The van der Waals surface area contributed by atoms with Gasteiger partial charge in [-0.15, -0.1) is 0 Å². The van der Waals surface area contributed by atoms with E-state index < -0.39 is 7.14 Å². The number of aromatic nitrogens is 3. The Morgan fingerprint density at radius 2 is 1.10 bits per heavy atom. The summed E-state index contributed by atoms with van der Waals surface area (Å²) in [6, 6.07) is 56.0. The highest BCUT2D eigenvalue weighted by atomic mass is 31.2. The minimum atomic E-state index is -3.11. The third-order valence-corrected chi connectivity index (χ3v) is 12.9. The van der Waals surface area contributed by atoms with Crippen molar-refractivity contribution >= 4 is 83.1 Å². The molecule has 3 aromatic heterocycles. The van der Waals surface area contributed by atoms with E-state index in [1.54, 1.807) is 6.20 Å². The van der Waals surface area contributed by atoms with E-state index in [9.17, 15) is 4.57 Å². The summed E-state index contributed by atoms with van der Waals surface area (Å²) in [6.45, 7) is 0. The Morgan fingerprint density at radius 3 is 1.90 bits per heavy atom. The fraction of sp³-hybridized carbons (Fsp3) is 0. The lowest BCUT2D eigenvalue weighted by molar-refractivity contribution is 0.592. The first-order chi connectivity index (χ1) is 24.2. The molecule has 0 unspecified atom stereocenters. The number of imidazole rings is 1. The lowest BCUT2D eigenvalue weighted by Crippen LogP contribution is -2.25. The highest BCUT2D eigenvalue weighted by Gasteiger charge is 2.30. The van der Waals surface area contributed by atoms with Crippen LogP contribution in [0.3, 0.4) is 0 Å². The van der Waals surface area contributed by atoms with Crippen molar-refractivity contribution < 1.29 is 4.57 Å². The van der Waals surface area contributed by atoms with E-state index in [4.69, 9.17) is 9.97 Å². The van der Waals surface area contributed by atoms with Gasteiger partial charge in [-0.05, 0) is 52.2 Å². The Bertz CT molecular complexity index is 2930. The summed E-state index contributed by atoms with van der Waals surface area (Å²) in [5.74, 6) is 0. The fourth-order valence-corrected chi connectivity index (χ4v) is 10.1. The van der Waals surface area contributed by atoms with E-state index in [0.29, 0.717) is 0 Å². The Morgan fingerprint density at radius 1 is 0.469 bits per heavy atom. The first-order valence-corrected chi connectivity index (χ1v) is 18.1. The molecular weight excluding hydrogens is 617 g/mol. The van der Waals surface area contributed by atoms with E-state index in [-0.39, 0.29) is 0 Å². The van der Waals surface area contributed by atoms with Crippen molar-refractivity contribution in [2.75, 3.05) is 0 Å². The summed E-state index contributed by atoms with van der Waals surface area (Å²) in [4.78, 5) is 9.98. The van der Waals surface area contributed by atoms with E-state index >= 15 is 0 Å². The van der Waals surface area contributed by atoms with E-state index in [1.807, 2.05) is 72.8 Å². The molecule has 0 aliphatic rings. The zero-order chi connectivity index (χ0) is 32.5. The molecule has 0 aliphatic heterocycles. The zero-order valence-electron chi connectivity index (χ0n) is 26.4. The van der Waals surface area contributed by atoms with Gasteiger partial charge < -0.3 is 4.57 Å². The maximum absolute atomic E-state index is 14.9. The second-order valence-corrected chi connectivity index (χ2v) is 15.4. The van der Waals surface area contributed by atoms with Crippen LogP contribution in [-0.2, 0) is 4.57 Å². The van der Waals surface area contributed by atoms with Gasteiger partial charge >= 0.3 is 0 Å². The second-order valence-electron chi connectivity index (χ2n) is 12.6. The number of hydrogen-bond acceptors (Lipinski definition) is 3. The van der Waals surface area contributed by atoms with Crippen LogP contribution in [-0.4, -0.2) is 14.4 Å². The maximum Gasteiger partial charge on any atom is 0.172 e. The van der Waals surface area contributed by atoms with Gasteiger partial charge in [-0.2, -0.15) is 0 Å². The SMILES string of the molecule is O=P(c1ccccc1)(c1ccccc1)c1cnc2cc(-c3ccc4c(ccc5c6ccccc6c6nc7ccccc7n6c45)c3)ccc2c1. The van der Waals surface area contributed by atoms with Gasteiger partial charge in [0.2, 0.25) is 0 Å². The summed E-state index contributed by atoms with van der Waals surface area (Å²) in [5, 5.41) is 9.20. The molecule has 4 nitrogen and oxygen atoms in total. The highest BCUT2D eigenvalue weighted by molar-refractivity contribution is 7.85. The summed E-state index contributed by atoms with van der Waals surface area (Å²) in [7, 11) is -3.11. The molecule has 0 spiro atoms. The monoisotopic (exact) mass is 645 g/mol. The van der Waals surface area contributed by atoms with Crippen LogP contribution in [0.2, 0.25) is 0 Å². The molecule has 0 saturated carbocycles. The first-order valence-electron chi connectivity index (χ1n) is 16.4. The van der Waals surface area contributed by atoms with Crippen LogP contribution in [0.4, 0.5) is 0 Å². The van der Waals surface area contributed by atoms with Crippen LogP contribution < -0.4 is 15.9 Å². The Kier molecular flexibility index (Phi) is 6.12. The Hall–Kier alpha value is -6.09. The largest absolute Gasteiger partial charge is 0.309 e. The Labute approximate surface area is 282 Å². The number of para-hydroxylation sites is 2. The third kappa shape index (κ3) is 4.21. The summed E-state index contributed by atoms with van der Waals surface area (Å²) in [6.07, 6.45) is 1.80. The number of pyridine rings is 2. The predicted molar refractivity (Wildman–Crippen MR) is 205 cm³/mol. The van der Waals surface area contributed by atoms with Gasteiger partial charge in [0.05, 0.1) is 22.1 Å². The van der Waals surface area contributed by atoms with Crippen molar-refractivity contribution in [2.45, 2.75) is 0 Å². The summed E-state index contributed by atoms with van der Waals surface area (Å²) < 4.78 is 17.3. The molecule has 230 valence electrons. The molecule has 0 fully saturated rings. The molecular formula is C44H28N3OP. The molecule has 10 rings (SSSR count). The van der Waals surface area contributed by atoms with Crippen molar-refractivity contribution in [3.05, 3.63) is 170 Å². The molecule has 3 heterocycles. The molecule has 0 radical (unpaired) electrons. The molecule has 5 heteroatoms. The average molecular weight is 646 g/mol. The van der Waals surface area contributed by atoms with Crippen molar-refractivity contribution in [3.63, 3.8) is 0 Å². The molecule has 0 amide bonds. The van der Waals surface area contributed by atoms with Gasteiger partial charge in [0, 0.05) is 43.7 Å². The number of hydrogen-bond donors (Lipinski definition) is 0. The van der Waals surface area contributed by atoms with Gasteiger partial charge in [-0.25, -0.2) is 4.98 Å². The van der Waals surface area contributed by atoms with Gasteiger partial charge in [-0.1, -0.05) is 133 Å². The molecule has 0 aliphatic carbocycles. The molecule has 0 atom stereocenters. The molecule has 0 bridgehead atoms. The number of nitrogens with zero attached hydrogens (tertiary/aromatic N) is 3. The molecule has 0 N–H and O–H groups in total. The number of benzene rings is 7. The van der Waals surface area contributed by atoms with Crippen molar-refractivity contribution in [1.82, 2.24) is 14.4 Å². The lowest BCUT2D eigenvalue weighted by Gasteiger charge is -2.20. The smallest absolute Gasteiger partial charge is 0.172 e. The first kappa shape index (κ1) is 28.0. The van der Waals surface area contributed by atoms with Gasteiger partial charge in [0.1, 0.15) is 5.65 Å². The third-order valence-electron chi connectivity index (χ3n) is 9.84. The van der Waals surface area contributed by atoms with Crippen molar-refractivity contribution in [3.8, 4) is 11.1 Å². The molecule has 0 saturated heterocycles.